The van der Waals surface area contributed by atoms with Crippen LogP contribution in [0, 0.1) is 0 Å². The van der Waals surface area contributed by atoms with E-state index in [1.54, 1.807) is 17.0 Å². The number of carbonyl (C=O) groups excluding carboxylic acids is 1. The number of phenols is 1. The van der Waals surface area contributed by atoms with Gasteiger partial charge >= 0.3 is 0 Å². The number of hydrogen-bond donors (Lipinski definition) is 2. The monoisotopic (exact) mass is 321 g/mol. The molecule has 0 fully saturated rings. The standard InChI is InChI=1S/C20H19NO3/c22-13-12-21(14-15-6-2-1-3-7-15)20(24)18-11-10-16-8-4-5-9-17(16)19(18)23/h1-11,22-23H,12-14H2. The number of aliphatic hydroxyl groups excluding tert-OH is 1. The first-order chi connectivity index (χ1) is 11.7. The number of benzene rings is 3. The van der Waals surface area contributed by atoms with Crippen LogP contribution < -0.4 is 0 Å². The lowest BCUT2D eigenvalue weighted by atomic mass is 10.0. The molecule has 0 aromatic heterocycles. The second-order valence-electron chi connectivity index (χ2n) is 5.62. The summed E-state index contributed by atoms with van der Waals surface area (Å²) in [7, 11) is 0. The first kappa shape index (κ1) is 16.0. The fourth-order valence-corrected chi connectivity index (χ4v) is 2.77. The van der Waals surface area contributed by atoms with Gasteiger partial charge in [-0.2, -0.15) is 0 Å². The summed E-state index contributed by atoms with van der Waals surface area (Å²) in [6.07, 6.45) is 0. The quantitative estimate of drug-likeness (QED) is 0.759. The minimum absolute atomic E-state index is 0.0194. The lowest BCUT2D eigenvalue weighted by molar-refractivity contribution is 0.0705. The topological polar surface area (TPSA) is 60.8 Å². The Morgan fingerprint density at radius 3 is 2.38 bits per heavy atom. The molecule has 0 atom stereocenters. The Balaban J connectivity index is 1.94. The summed E-state index contributed by atoms with van der Waals surface area (Å²) < 4.78 is 0. The highest BCUT2D eigenvalue weighted by molar-refractivity contribution is 6.03. The second kappa shape index (κ2) is 7.15. The van der Waals surface area contributed by atoms with Crippen LogP contribution in [0.2, 0.25) is 0 Å². The number of hydrogen-bond acceptors (Lipinski definition) is 3. The van der Waals surface area contributed by atoms with Crippen LogP contribution in [0.4, 0.5) is 0 Å². The second-order valence-corrected chi connectivity index (χ2v) is 5.62. The highest BCUT2D eigenvalue weighted by Crippen LogP contribution is 2.29. The molecule has 0 saturated carbocycles. The van der Waals surface area contributed by atoms with Crippen molar-refractivity contribution in [2.75, 3.05) is 13.2 Å². The van der Waals surface area contributed by atoms with Crippen molar-refractivity contribution in [3.05, 3.63) is 77.9 Å². The van der Waals surface area contributed by atoms with E-state index in [0.29, 0.717) is 11.9 Å². The van der Waals surface area contributed by atoms with Crippen molar-refractivity contribution in [2.24, 2.45) is 0 Å². The molecular weight excluding hydrogens is 302 g/mol. The maximum absolute atomic E-state index is 12.9. The molecule has 122 valence electrons. The molecule has 3 rings (SSSR count). The molecular formula is C20H19NO3. The largest absolute Gasteiger partial charge is 0.506 e. The van der Waals surface area contributed by atoms with Crippen molar-refractivity contribution in [1.29, 1.82) is 0 Å². The van der Waals surface area contributed by atoms with Crippen LogP contribution >= 0.6 is 0 Å². The molecule has 0 heterocycles. The normalized spacial score (nSPS) is 10.7. The van der Waals surface area contributed by atoms with E-state index in [4.69, 9.17) is 0 Å². The van der Waals surface area contributed by atoms with E-state index in [0.717, 1.165) is 10.9 Å². The summed E-state index contributed by atoms with van der Waals surface area (Å²) in [4.78, 5) is 14.4. The Morgan fingerprint density at radius 2 is 1.62 bits per heavy atom. The first-order valence-electron chi connectivity index (χ1n) is 7.85. The van der Waals surface area contributed by atoms with Gasteiger partial charge in [-0.3, -0.25) is 4.79 Å². The molecule has 0 spiro atoms. The molecule has 0 unspecified atom stereocenters. The molecule has 0 aliphatic rings. The lowest BCUT2D eigenvalue weighted by Crippen LogP contribution is -2.33. The Morgan fingerprint density at radius 1 is 0.917 bits per heavy atom. The SMILES string of the molecule is O=C(c1ccc2ccccc2c1O)N(CCO)Cc1ccccc1. The van der Waals surface area contributed by atoms with Crippen LogP contribution in [0.15, 0.2) is 66.7 Å². The number of phenolic OH excluding ortho intramolecular Hbond substituents is 1. The zero-order chi connectivity index (χ0) is 16.9. The van der Waals surface area contributed by atoms with E-state index in [9.17, 15) is 15.0 Å². The third-order valence-corrected chi connectivity index (χ3v) is 4.00. The predicted octanol–water partition coefficient (Wildman–Crippen LogP) is 3.18. The van der Waals surface area contributed by atoms with Gasteiger partial charge in [-0.1, -0.05) is 60.7 Å². The average Bonchev–Trinajstić information content (AvgIpc) is 2.62. The zero-order valence-corrected chi connectivity index (χ0v) is 13.2. The smallest absolute Gasteiger partial charge is 0.258 e. The maximum atomic E-state index is 12.9. The van der Waals surface area contributed by atoms with Crippen molar-refractivity contribution in [1.82, 2.24) is 4.90 Å². The molecule has 0 saturated heterocycles. The molecule has 0 aliphatic heterocycles. The minimum Gasteiger partial charge on any atom is -0.506 e. The van der Waals surface area contributed by atoms with Gasteiger partial charge in [-0.15, -0.1) is 0 Å². The summed E-state index contributed by atoms with van der Waals surface area (Å²) in [6, 6.07) is 20.4. The van der Waals surface area contributed by atoms with Gasteiger partial charge in [0.25, 0.3) is 5.91 Å². The number of aliphatic hydroxyl groups is 1. The van der Waals surface area contributed by atoms with E-state index in [2.05, 4.69) is 0 Å². The van der Waals surface area contributed by atoms with Crippen molar-refractivity contribution >= 4 is 16.7 Å². The van der Waals surface area contributed by atoms with Crippen LogP contribution in [-0.4, -0.2) is 34.2 Å². The Labute approximate surface area is 140 Å². The lowest BCUT2D eigenvalue weighted by Gasteiger charge is -2.22. The first-order valence-corrected chi connectivity index (χ1v) is 7.85. The predicted molar refractivity (Wildman–Crippen MR) is 93.9 cm³/mol. The Bertz CT molecular complexity index is 846. The number of nitrogens with zero attached hydrogens (tertiary/aromatic N) is 1. The highest BCUT2D eigenvalue weighted by Gasteiger charge is 2.20. The summed E-state index contributed by atoms with van der Waals surface area (Å²) in [5.41, 5.74) is 1.22. The van der Waals surface area contributed by atoms with Gasteiger partial charge in [0, 0.05) is 18.5 Å². The van der Waals surface area contributed by atoms with E-state index in [-0.39, 0.29) is 30.4 Å². The van der Waals surface area contributed by atoms with Gasteiger partial charge in [0.1, 0.15) is 5.75 Å². The summed E-state index contributed by atoms with van der Waals surface area (Å²) in [6.45, 7) is 0.458. The van der Waals surface area contributed by atoms with Gasteiger partial charge in [-0.05, 0) is 17.0 Å². The van der Waals surface area contributed by atoms with E-state index >= 15 is 0 Å². The number of carbonyl (C=O) groups is 1. The highest BCUT2D eigenvalue weighted by atomic mass is 16.3. The van der Waals surface area contributed by atoms with E-state index in [1.807, 2.05) is 54.6 Å². The van der Waals surface area contributed by atoms with Crippen molar-refractivity contribution in [3.63, 3.8) is 0 Å². The number of amides is 1. The third kappa shape index (κ3) is 3.24. The van der Waals surface area contributed by atoms with Crippen LogP contribution in [0.3, 0.4) is 0 Å². The molecule has 2 N–H and O–H groups in total. The zero-order valence-electron chi connectivity index (χ0n) is 13.2. The molecule has 4 nitrogen and oxygen atoms in total. The fourth-order valence-electron chi connectivity index (χ4n) is 2.77. The van der Waals surface area contributed by atoms with Crippen LogP contribution in [0.1, 0.15) is 15.9 Å². The van der Waals surface area contributed by atoms with Crippen LogP contribution in [0.5, 0.6) is 5.75 Å². The van der Waals surface area contributed by atoms with Gasteiger partial charge < -0.3 is 15.1 Å². The maximum Gasteiger partial charge on any atom is 0.258 e. The van der Waals surface area contributed by atoms with Gasteiger partial charge in [0.15, 0.2) is 0 Å². The molecule has 1 amide bonds. The summed E-state index contributed by atoms with van der Waals surface area (Å²) >= 11 is 0. The molecule has 3 aromatic carbocycles. The van der Waals surface area contributed by atoms with E-state index in [1.165, 1.54) is 0 Å². The molecule has 0 radical (unpaired) electrons. The third-order valence-electron chi connectivity index (χ3n) is 4.00. The van der Waals surface area contributed by atoms with Crippen molar-refractivity contribution < 1.29 is 15.0 Å². The van der Waals surface area contributed by atoms with Crippen molar-refractivity contribution in [2.45, 2.75) is 6.54 Å². The van der Waals surface area contributed by atoms with Gasteiger partial charge in [0.05, 0.1) is 12.2 Å². The van der Waals surface area contributed by atoms with Crippen LogP contribution in [0.25, 0.3) is 10.8 Å². The Hall–Kier alpha value is -2.85. The van der Waals surface area contributed by atoms with Crippen LogP contribution in [-0.2, 0) is 6.54 Å². The van der Waals surface area contributed by atoms with Gasteiger partial charge in [0.2, 0.25) is 0 Å². The molecule has 0 aliphatic carbocycles. The molecule has 24 heavy (non-hydrogen) atoms. The Kier molecular flexibility index (Phi) is 4.77. The molecule has 4 heteroatoms. The van der Waals surface area contributed by atoms with Crippen molar-refractivity contribution in [3.8, 4) is 5.75 Å². The fraction of sp³-hybridized carbons (Fsp3) is 0.150. The average molecular weight is 321 g/mol. The number of fused-ring (bicyclic) bond motifs is 1. The molecule has 3 aromatic rings. The number of rotatable bonds is 5. The number of aromatic hydroxyl groups is 1. The molecule has 0 bridgehead atoms. The van der Waals surface area contributed by atoms with Gasteiger partial charge in [-0.25, -0.2) is 0 Å². The minimum atomic E-state index is -0.295. The summed E-state index contributed by atoms with van der Waals surface area (Å²) in [5, 5.41) is 21.3. The van der Waals surface area contributed by atoms with E-state index < -0.39 is 0 Å². The summed E-state index contributed by atoms with van der Waals surface area (Å²) in [5.74, 6) is -0.315.